The molecule has 0 spiro atoms. The van der Waals surface area contributed by atoms with Crippen LogP contribution < -0.4 is 5.32 Å². The van der Waals surface area contributed by atoms with Crippen molar-refractivity contribution in [3.63, 3.8) is 0 Å². The highest BCUT2D eigenvalue weighted by Gasteiger charge is 1.95. The third kappa shape index (κ3) is 5.08. The summed E-state index contributed by atoms with van der Waals surface area (Å²) in [6.07, 6.45) is 2.16. The van der Waals surface area contributed by atoms with E-state index in [0.29, 0.717) is 5.88 Å². The lowest BCUT2D eigenvalue weighted by Crippen LogP contribution is -2.04. The van der Waals surface area contributed by atoms with Crippen molar-refractivity contribution >= 4 is 17.3 Å². The molecular weight excluding hydrogens is 206 g/mol. The van der Waals surface area contributed by atoms with Gasteiger partial charge in [0, 0.05) is 18.1 Å². The van der Waals surface area contributed by atoms with Gasteiger partial charge in [0.25, 0.3) is 0 Å². The van der Waals surface area contributed by atoms with Crippen molar-refractivity contribution in [2.24, 2.45) is 5.92 Å². The summed E-state index contributed by atoms with van der Waals surface area (Å²) in [6.45, 7) is 5.53. The molecule has 0 radical (unpaired) electrons. The van der Waals surface area contributed by atoms with E-state index in [1.165, 1.54) is 17.7 Å². The van der Waals surface area contributed by atoms with E-state index in [2.05, 4.69) is 43.4 Å². The lowest BCUT2D eigenvalue weighted by Gasteiger charge is -2.08. The van der Waals surface area contributed by atoms with Gasteiger partial charge in [-0.2, -0.15) is 0 Å². The predicted octanol–water partition coefficient (Wildman–Crippen LogP) is 3.93. The van der Waals surface area contributed by atoms with Crippen LogP contribution in [-0.2, 0) is 6.42 Å². The molecule has 0 aliphatic heterocycles. The standard InChI is InChI=1S/C13H20ClN/c1-11(2)8-10-15-13-5-3-12(4-6-13)7-9-14/h3-6,11,15H,7-10H2,1-2H3. The normalized spacial score (nSPS) is 10.7. The van der Waals surface area contributed by atoms with Crippen molar-refractivity contribution in [2.45, 2.75) is 26.7 Å². The highest BCUT2D eigenvalue weighted by atomic mass is 35.5. The maximum absolute atomic E-state index is 5.68. The molecule has 0 saturated heterocycles. The molecule has 0 aliphatic rings. The van der Waals surface area contributed by atoms with Crippen LogP contribution in [0.3, 0.4) is 0 Å². The Morgan fingerprint density at radius 2 is 1.87 bits per heavy atom. The van der Waals surface area contributed by atoms with Crippen LogP contribution in [0.2, 0.25) is 0 Å². The Labute approximate surface area is 97.8 Å². The van der Waals surface area contributed by atoms with E-state index >= 15 is 0 Å². The molecule has 1 aromatic carbocycles. The molecule has 2 heteroatoms. The fourth-order valence-electron chi connectivity index (χ4n) is 1.40. The van der Waals surface area contributed by atoms with Gasteiger partial charge < -0.3 is 5.32 Å². The Morgan fingerprint density at radius 1 is 1.20 bits per heavy atom. The van der Waals surface area contributed by atoms with Gasteiger partial charge >= 0.3 is 0 Å². The van der Waals surface area contributed by atoms with E-state index in [0.717, 1.165) is 18.9 Å². The van der Waals surface area contributed by atoms with E-state index in [1.54, 1.807) is 0 Å². The Morgan fingerprint density at radius 3 is 2.40 bits per heavy atom. The summed E-state index contributed by atoms with van der Waals surface area (Å²) in [6, 6.07) is 8.53. The van der Waals surface area contributed by atoms with E-state index < -0.39 is 0 Å². The first-order chi connectivity index (χ1) is 7.22. The third-order valence-electron chi connectivity index (χ3n) is 2.39. The average molecular weight is 226 g/mol. The molecule has 1 rings (SSSR count). The van der Waals surface area contributed by atoms with E-state index in [4.69, 9.17) is 11.6 Å². The summed E-state index contributed by atoms with van der Waals surface area (Å²) in [4.78, 5) is 0. The number of aryl methyl sites for hydroxylation is 1. The van der Waals surface area contributed by atoms with Gasteiger partial charge in [-0.3, -0.25) is 0 Å². The molecule has 0 bridgehead atoms. The van der Waals surface area contributed by atoms with Crippen LogP contribution in [0.1, 0.15) is 25.8 Å². The Kier molecular flexibility index (Phi) is 5.56. The van der Waals surface area contributed by atoms with Crippen LogP contribution in [0.4, 0.5) is 5.69 Å². The molecule has 0 aromatic heterocycles. The Bertz CT molecular complexity index is 266. The zero-order chi connectivity index (χ0) is 11.1. The summed E-state index contributed by atoms with van der Waals surface area (Å²) in [5, 5.41) is 3.41. The van der Waals surface area contributed by atoms with Gasteiger partial charge in [-0.25, -0.2) is 0 Å². The van der Waals surface area contributed by atoms with E-state index in [-0.39, 0.29) is 0 Å². The number of rotatable bonds is 6. The van der Waals surface area contributed by atoms with Crippen molar-refractivity contribution in [3.05, 3.63) is 29.8 Å². The summed E-state index contributed by atoms with van der Waals surface area (Å²) in [5.41, 5.74) is 2.51. The molecule has 0 heterocycles. The number of nitrogens with one attached hydrogen (secondary N) is 1. The second-order valence-corrected chi connectivity index (χ2v) is 4.62. The van der Waals surface area contributed by atoms with Crippen LogP contribution in [0.15, 0.2) is 24.3 Å². The molecule has 1 aromatic rings. The maximum Gasteiger partial charge on any atom is 0.0340 e. The number of hydrogen-bond donors (Lipinski definition) is 1. The van der Waals surface area contributed by atoms with Crippen molar-refractivity contribution in [3.8, 4) is 0 Å². The van der Waals surface area contributed by atoms with Gasteiger partial charge in [-0.1, -0.05) is 26.0 Å². The zero-order valence-corrected chi connectivity index (χ0v) is 10.3. The number of hydrogen-bond acceptors (Lipinski definition) is 1. The molecule has 0 aliphatic carbocycles. The molecular formula is C13H20ClN. The van der Waals surface area contributed by atoms with Gasteiger partial charge in [0.05, 0.1) is 0 Å². The fraction of sp³-hybridized carbons (Fsp3) is 0.538. The van der Waals surface area contributed by atoms with Gasteiger partial charge in [0.1, 0.15) is 0 Å². The summed E-state index contributed by atoms with van der Waals surface area (Å²) >= 11 is 5.68. The molecule has 0 amide bonds. The minimum Gasteiger partial charge on any atom is -0.385 e. The molecule has 0 atom stereocenters. The van der Waals surface area contributed by atoms with Gasteiger partial charge in [0.2, 0.25) is 0 Å². The summed E-state index contributed by atoms with van der Waals surface area (Å²) in [5.74, 6) is 1.45. The minimum absolute atomic E-state index is 0.695. The topological polar surface area (TPSA) is 12.0 Å². The molecule has 0 fully saturated rings. The monoisotopic (exact) mass is 225 g/mol. The summed E-state index contributed by atoms with van der Waals surface area (Å²) < 4.78 is 0. The molecule has 1 nitrogen and oxygen atoms in total. The Hall–Kier alpha value is -0.690. The van der Waals surface area contributed by atoms with Crippen LogP contribution >= 0.6 is 11.6 Å². The molecule has 15 heavy (non-hydrogen) atoms. The molecule has 0 saturated carbocycles. The first kappa shape index (κ1) is 12.4. The van der Waals surface area contributed by atoms with Crippen molar-refractivity contribution in [2.75, 3.05) is 17.7 Å². The largest absolute Gasteiger partial charge is 0.385 e. The van der Waals surface area contributed by atoms with Gasteiger partial charge in [-0.15, -0.1) is 11.6 Å². The first-order valence-corrected chi connectivity index (χ1v) is 6.14. The smallest absolute Gasteiger partial charge is 0.0340 e. The number of anilines is 1. The van der Waals surface area contributed by atoms with Crippen molar-refractivity contribution < 1.29 is 0 Å². The van der Waals surface area contributed by atoms with Crippen LogP contribution in [0, 0.1) is 5.92 Å². The van der Waals surface area contributed by atoms with E-state index in [1.807, 2.05) is 0 Å². The quantitative estimate of drug-likeness (QED) is 0.724. The van der Waals surface area contributed by atoms with Gasteiger partial charge in [-0.05, 0) is 36.5 Å². The zero-order valence-electron chi connectivity index (χ0n) is 9.59. The SMILES string of the molecule is CC(C)CCNc1ccc(CCCl)cc1. The first-order valence-electron chi connectivity index (χ1n) is 5.61. The molecule has 84 valence electrons. The highest BCUT2D eigenvalue weighted by molar-refractivity contribution is 6.17. The lowest BCUT2D eigenvalue weighted by molar-refractivity contribution is 0.607. The van der Waals surface area contributed by atoms with Crippen LogP contribution in [0.5, 0.6) is 0 Å². The lowest BCUT2D eigenvalue weighted by atomic mass is 10.1. The maximum atomic E-state index is 5.68. The Balaban J connectivity index is 2.36. The van der Waals surface area contributed by atoms with E-state index in [9.17, 15) is 0 Å². The second-order valence-electron chi connectivity index (χ2n) is 4.25. The number of benzene rings is 1. The van der Waals surface area contributed by atoms with Crippen molar-refractivity contribution in [1.82, 2.24) is 0 Å². The number of alkyl halides is 1. The fourth-order valence-corrected chi connectivity index (χ4v) is 1.62. The van der Waals surface area contributed by atoms with Crippen LogP contribution in [0.25, 0.3) is 0 Å². The number of halogens is 1. The predicted molar refractivity (Wildman–Crippen MR) is 68.8 cm³/mol. The average Bonchev–Trinajstić information content (AvgIpc) is 2.20. The molecule has 1 N–H and O–H groups in total. The van der Waals surface area contributed by atoms with Crippen molar-refractivity contribution in [1.29, 1.82) is 0 Å². The molecule has 0 unspecified atom stereocenters. The third-order valence-corrected chi connectivity index (χ3v) is 2.58. The van der Waals surface area contributed by atoms with Gasteiger partial charge in [0.15, 0.2) is 0 Å². The van der Waals surface area contributed by atoms with Crippen LogP contribution in [-0.4, -0.2) is 12.4 Å². The minimum atomic E-state index is 0.695. The highest BCUT2D eigenvalue weighted by Crippen LogP contribution is 2.11. The summed E-state index contributed by atoms with van der Waals surface area (Å²) in [7, 11) is 0. The second kappa shape index (κ2) is 6.73.